The van der Waals surface area contributed by atoms with Gasteiger partial charge in [0.05, 0.1) is 18.9 Å². The van der Waals surface area contributed by atoms with Crippen molar-refractivity contribution < 1.29 is 18.6 Å². The molecule has 154 valence electrons. The van der Waals surface area contributed by atoms with Crippen LogP contribution >= 0.6 is 0 Å². The molecule has 6 heteroatoms. The molecule has 2 saturated heterocycles. The molecule has 0 amide bonds. The Balaban J connectivity index is 1.39. The summed E-state index contributed by atoms with van der Waals surface area (Å²) in [5.74, 6) is 1.71. The number of hydrogen-bond donors (Lipinski definition) is 0. The Morgan fingerprint density at radius 1 is 1.24 bits per heavy atom. The van der Waals surface area contributed by atoms with Crippen LogP contribution in [0.3, 0.4) is 0 Å². The van der Waals surface area contributed by atoms with Crippen molar-refractivity contribution in [1.29, 1.82) is 0 Å². The molecule has 0 unspecified atom stereocenters. The Morgan fingerprint density at radius 2 is 2.10 bits per heavy atom. The summed E-state index contributed by atoms with van der Waals surface area (Å²) in [4.78, 5) is 6.48. The number of benzene rings is 1. The Labute approximate surface area is 170 Å². The Morgan fingerprint density at radius 3 is 2.90 bits per heavy atom. The molecule has 2 fully saturated rings. The number of likely N-dealkylation sites (tertiary alicyclic amines) is 1. The highest BCUT2D eigenvalue weighted by atomic mass is 19.1. The summed E-state index contributed by atoms with van der Waals surface area (Å²) in [6.45, 7) is 3.03. The standard InChI is InChI=1S/C23H27FN2O3/c1-27-20-8-2-5-16-21-17(6-4-14-28-21)23(29-22(16)20)9-12-26(13-10-23)15-19-18(24)7-3-11-25-19/h2-3,5,7-8,11,17,21H,4,6,9-10,12-15H2,1H3/t17-,21+/m0/s1. The van der Waals surface area contributed by atoms with Crippen molar-refractivity contribution in [2.75, 3.05) is 26.8 Å². The normalized spacial score (nSPS) is 25.7. The summed E-state index contributed by atoms with van der Waals surface area (Å²) in [5.41, 5.74) is 1.36. The van der Waals surface area contributed by atoms with Gasteiger partial charge in [-0.25, -0.2) is 4.39 Å². The molecule has 3 aliphatic heterocycles. The maximum absolute atomic E-state index is 14.0. The van der Waals surface area contributed by atoms with Gasteiger partial charge in [-0.2, -0.15) is 0 Å². The van der Waals surface area contributed by atoms with E-state index in [1.807, 2.05) is 12.1 Å². The lowest BCUT2D eigenvalue weighted by atomic mass is 9.70. The average molecular weight is 398 g/mol. The monoisotopic (exact) mass is 398 g/mol. The summed E-state index contributed by atoms with van der Waals surface area (Å²) >= 11 is 0. The van der Waals surface area contributed by atoms with E-state index in [1.54, 1.807) is 19.4 Å². The number of ether oxygens (including phenoxy) is 3. The van der Waals surface area contributed by atoms with E-state index in [2.05, 4.69) is 16.0 Å². The third-order valence-corrected chi connectivity index (χ3v) is 6.75. The summed E-state index contributed by atoms with van der Waals surface area (Å²) in [6.07, 6.45) is 5.67. The van der Waals surface area contributed by atoms with Crippen LogP contribution in [0.2, 0.25) is 0 Å². The molecule has 0 bridgehead atoms. The first kappa shape index (κ1) is 18.8. The third-order valence-electron chi connectivity index (χ3n) is 6.75. The van der Waals surface area contributed by atoms with Gasteiger partial charge < -0.3 is 14.2 Å². The van der Waals surface area contributed by atoms with Crippen LogP contribution in [0.25, 0.3) is 0 Å². The third kappa shape index (κ3) is 3.28. The molecule has 0 N–H and O–H groups in total. The molecule has 5 rings (SSSR count). The smallest absolute Gasteiger partial charge is 0.167 e. The lowest BCUT2D eigenvalue weighted by Gasteiger charge is -2.53. The van der Waals surface area contributed by atoms with Crippen LogP contribution in [-0.4, -0.2) is 42.3 Å². The molecule has 3 aliphatic rings. The van der Waals surface area contributed by atoms with Crippen molar-refractivity contribution in [3.8, 4) is 11.5 Å². The zero-order valence-corrected chi connectivity index (χ0v) is 16.8. The topological polar surface area (TPSA) is 43.8 Å². The predicted molar refractivity (Wildman–Crippen MR) is 106 cm³/mol. The Hall–Kier alpha value is -2.18. The minimum atomic E-state index is -0.258. The molecule has 1 spiro atoms. The molecule has 0 radical (unpaired) electrons. The van der Waals surface area contributed by atoms with Gasteiger partial charge >= 0.3 is 0 Å². The number of hydrogen-bond acceptors (Lipinski definition) is 5. The highest BCUT2D eigenvalue weighted by molar-refractivity contribution is 5.50. The van der Waals surface area contributed by atoms with Crippen LogP contribution in [0, 0.1) is 11.7 Å². The van der Waals surface area contributed by atoms with Gasteiger partial charge in [0.25, 0.3) is 0 Å². The molecule has 0 saturated carbocycles. The maximum Gasteiger partial charge on any atom is 0.167 e. The molecular weight excluding hydrogens is 371 g/mol. The van der Waals surface area contributed by atoms with E-state index in [4.69, 9.17) is 14.2 Å². The van der Waals surface area contributed by atoms with Crippen molar-refractivity contribution in [2.45, 2.75) is 43.9 Å². The minimum absolute atomic E-state index is 0.0578. The molecule has 5 nitrogen and oxygen atoms in total. The van der Waals surface area contributed by atoms with E-state index >= 15 is 0 Å². The molecule has 2 aromatic rings. The second-order valence-electron chi connectivity index (χ2n) is 8.29. The van der Waals surface area contributed by atoms with Crippen molar-refractivity contribution in [2.24, 2.45) is 5.92 Å². The first-order chi connectivity index (χ1) is 14.2. The number of fused-ring (bicyclic) bond motifs is 4. The molecule has 1 aromatic carbocycles. The fraction of sp³-hybridized carbons (Fsp3) is 0.522. The minimum Gasteiger partial charge on any atom is -0.493 e. The zero-order chi connectivity index (χ0) is 19.8. The number of halogens is 1. The van der Waals surface area contributed by atoms with Crippen LogP contribution in [0.15, 0.2) is 36.5 Å². The van der Waals surface area contributed by atoms with Gasteiger partial charge in [0, 0.05) is 56.8 Å². The second kappa shape index (κ2) is 7.58. The van der Waals surface area contributed by atoms with Crippen molar-refractivity contribution >= 4 is 0 Å². The lowest BCUT2D eigenvalue weighted by molar-refractivity contribution is -0.150. The number of aromatic nitrogens is 1. The fourth-order valence-electron chi connectivity index (χ4n) is 5.24. The Bertz CT molecular complexity index is 882. The molecule has 4 heterocycles. The van der Waals surface area contributed by atoms with Gasteiger partial charge in [-0.05, 0) is 31.0 Å². The molecule has 29 heavy (non-hydrogen) atoms. The maximum atomic E-state index is 14.0. The van der Waals surface area contributed by atoms with Crippen molar-refractivity contribution in [3.05, 3.63) is 53.6 Å². The number of piperidine rings is 1. The zero-order valence-electron chi connectivity index (χ0n) is 16.8. The number of pyridine rings is 1. The van der Waals surface area contributed by atoms with E-state index in [-0.39, 0.29) is 17.5 Å². The molecular formula is C23H27FN2O3. The number of para-hydroxylation sites is 1. The number of nitrogens with zero attached hydrogens (tertiary/aromatic N) is 2. The van der Waals surface area contributed by atoms with Gasteiger partial charge in [0.1, 0.15) is 11.4 Å². The molecule has 0 aliphatic carbocycles. The van der Waals surface area contributed by atoms with Gasteiger partial charge in [-0.1, -0.05) is 12.1 Å². The van der Waals surface area contributed by atoms with E-state index in [0.29, 0.717) is 18.2 Å². The largest absolute Gasteiger partial charge is 0.493 e. The first-order valence-electron chi connectivity index (χ1n) is 10.5. The second-order valence-corrected chi connectivity index (χ2v) is 8.29. The molecule has 1 aromatic heterocycles. The van der Waals surface area contributed by atoms with E-state index in [9.17, 15) is 4.39 Å². The van der Waals surface area contributed by atoms with Crippen molar-refractivity contribution in [1.82, 2.24) is 9.88 Å². The summed E-state index contributed by atoms with van der Waals surface area (Å²) in [7, 11) is 1.68. The van der Waals surface area contributed by atoms with Gasteiger partial charge in [0.15, 0.2) is 11.5 Å². The summed E-state index contributed by atoms with van der Waals surface area (Å²) in [5, 5.41) is 0. The summed E-state index contributed by atoms with van der Waals surface area (Å²) in [6, 6.07) is 9.18. The van der Waals surface area contributed by atoms with Crippen LogP contribution in [0.1, 0.15) is 43.0 Å². The van der Waals surface area contributed by atoms with Gasteiger partial charge in [0.2, 0.25) is 0 Å². The highest BCUT2D eigenvalue weighted by Crippen LogP contribution is 2.55. The van der Waals surface area contributed by atoms with Crippen LogP contribution in [-0.2, 0) is 11.3 Å². The van der Waals surface area contributed by atoms with E-state index in [0.717, 1.165) is 62.4 Å². The predicted octanol–water partition coefficient (Wildman–Crippen LogP) is 4.12. The SMILES string of the molecule is COc1cccc2c1OC1(CCN(Cc3ncccc3F)CC1)[C@H]1CCCO[C@H]21. The average Bonchev–Trinajstić information content (AvgIpc) is 2.77. The van der Waals surface area contributed by atoms with Gasteiger partial charge in [-0.3, -0.25) is 9.88 Å². The summed E-state index contributed by atoms with van der Waals surface area (Å²) < 4.78 is 32.6. The van der Waals surface area contributed by atoms with Crippen molar-refractivity contribution in [3.63, 3.8) is 0 Å². The van der Waals surface area contributed by atoms with E-state index in [1.165, 1.54) is 6.07 Å². The molecule has 2 atom stereocenters. The fourth-order valence-corrected chi connectivity index (χ4v) is 5.24. The number of methoxy groups -OCH3 is 1. The number of rotatable bonds is 3. The quantitative estimate of drug-likeness (QED) is 0.778. The van der Waals surface area contributed by atoms with Gasteiger partial charge in [-0.15, -0.1) is 0 Å². The van der Waals surface area contributed by atoms with E-state index < -0.39 is 0 Å². The first-order valence-corrected chi connectivity index (χ1v) is 10.5. The van der Waals surface area contributed by atoms with Crippen LogP contribution in [0.4, 0.5) is 4.39 Å². The highest BCUT2D eigenvalue weighted by Gasteiger charge is 2.53. The van der Waals surface area contributed by atoms with Crippen LogP contribution < -0.4 is 9.47 Å². The lowest BCUT2D eigenvalue weighted by Crippen LogP contribution is -2.57. The van der Waals surface area contributed by atoms with Crippen LogP contribution in [0.5, 0.6) is 11.5 Å². The Kier molecular flexibility index (Phi) is 4.92.